The molecule has 0 radical (unpaired) electrons. The third-order valence-electron chi connectivity index (χ3n) is 9.85. The highest BCUT2D eigenvalue weighted by molar-refractivity contribution is 6.01. The molecule has 0 heterocycles. The molecule has 0 bridgehead atoms. The highest BCUT2D eigenvalue weighted by atomic mass is 16.6. The molecule has 3 saturated carbocycles. The molecular weight excluding hydrogens is 402 g/mol. The smallest absolute Gasteiger partial charge is 0.408 e. The zero-order chi connectivity index (χ0) is 23.5. The summed E-state index contributed by atoms with van der Waals surface area (Å²) in [4.78, 5) is 38.1. The maximum atomic E-state index is 13.3. The minimum Gasteiger partial charge on any atom is -0.434 e. The van der Waals surface area contributed by atoms with Crippen molar-refractivity contribution in [1.82, 2.24) is 5.32 Å². The summed E-state index contributed by atoms with van der Waals surface area (Å²) >= 11 is 0. The summed E-state index contributed by atoms with van der Waals surface area (Å²) in [5.41, 5.74) is -0.284. The van der Waals surface area contributed by atoms with Gasteiger partial charge in [0.2, 0.25) is 0 Å². The Labute approximate surface area is 192 Å². The fourth-order valence-corrected chi connectivity index (χ4v) is 8.04. The lowest BCUT2D eigenvalue weighted by Gasteiger charge is -2.58. The predicted molar refractivity (Wildman–Crippen MR) is 124 cm³/mol. The van der Waals surface area contributed by atoms with E-state index in [0.717, 1.165) is 38.5 Å². The number of allylic oxidation sites excluding steroid dienone is 4. The number of Topliss-reactive ketones (excluding diaryl/α,β-unsaturated/α-hetero) is 1. The maximum absolute atomic E-state index is 13.3. The first-order valence-corrected chi connectivity index (χ1v) is 12.4. The number of ketones is 2. The van der Waals surface area contributed by atoms with E-state index in [1.807, 2.05) is 19.9 Å². The fraction of sp³-hybridized carbons (Fsp3) is 0.741. The molecule has 3 fully saturated rings. The van der Waals surface area contributed by atoms with Crippen LogP contribution < -0.4 is 5.32 Å². The summed E-state index contributed by atoms with van der Waals surface area (Å²) in [6.07, 6.45) is 10.7. The van der Waals surface area contributed by atoms with Gasteiger partial charge in [-0.15, -0.1) is 0 Å². The third kappa shape index (κ3) is 3.13. The van der Waals surface area contributed by atoms with Crippen molar-refractivity contribution in [2.75, 3.05) is 0 Å². The maximum Gasteiger partial charge on any atom is 0.408 e. The molecule has 4 aliphatic rings. The van der Waals surface area contributed by atoms with Crippen LogP contribution in [0.25, 0.3) is 0 Å². The Kier molecular flexibility index (Phi) is 5.70. The molecule has 0 aromatic heterocycles. The van der Waals surface area contributed by atoms with Crippen LogP contribution >= 0.6 is 0 Å². The molecule has 8 atom stereocenters. The second-order valence-electron chi connectivity index (χ2n) is 11.3. The van der Waals surface area contributed by atoms with Gasteiger partial charge in [-0.3, -0.25) is 9.59 Å². The SMILES string of the molecule is CCC(C)NC(=O)O[C@]1(C(C)=O)C(C)C[C@H]2[C@@H]3CCC4=CC(=O)C=C[C@]4(C)[C@H]3CC[C@@]21C. The molecule has 0 spiro atoms. The molecule has 5 heteroatoms. The van der Waals surface area contributed by atoms with Crippen molar-refractivity contribution in [3.8, 4) is 0 Å². The van der Waals surface area contributed by atoms with Gasteiger partial charge in [0.05, 0.1) is 0 Å². The van der Waals surface area contributed by atoms with E-state index in [-0.39, 0.29) is 34.4 Å². The zero-order valence-electron chi connectivity index (χ0n) is 20.5. The van der Waals surface area contributed by atoms with Crippen LogP contribution in [-0.2, 0) is 14.3 Å². The average molecular weight is 442 g/mol. The van der Waals surface area contributed by atoms with Gasteiger partial charge in [0, 0.05) is 22.8 Å². The predicted octanol–water partition coefficient (Wildman–Crippen LogP) is 5.39. The minimum absolute atomic E-state index is 0.00635. The van der Waals surface area contributed by atoms with Crippen molar-refractivity contribution in [3.05, 3.63) is 23.8 Å². The number of fused-ring (bicyclic) bond motifs is 5. The van der Waals surface area contributed by atoms with Crippen molar-refractivity contribution in [2.45, 2.75) is 91.7 Å². The Morgan fingerprint density at radius 2 is 1.97 bits per heavy atom. The Bertz CT molecular complexity index is 890. The molecule has 2 unspecified atom stereocenters. The number of hydrogen-bond donors (Lipinski definition) is 1. The molecule has 176 valence electrons. The Hall–Kier alpha value is -1.91. The molecule has 0 aromatic carbocycles. The molecular formula is C27H39NO4. The van der Waals surface area contributed by atoms with Crippen molar-refractivity contribution in [1.29, 1.82) is 0 Å². The highest BCUT2D eigenvalue weighted by Gasteiger charge is 2.70. The van der Waals surface area contributed by atoms with Gasteiger partial charge in [-0.25, -0.2) is 4.79 Å². The average Bonchev–Trinajstić information content (AvgIpc) is 2.96. The van der Waals surface area contributed by atoms with E-state index in [1.165, 1.54) is 5.57 Å². The third-order valence-corrected chi connectivity index (χ3v) is 9.85. The number of alkyl carbamates (subject to hydrolysis) is 1. The molecule has 4 rings (SSSR count). The van der Waals surface area contributed by atoms with Crippen molar-refractivity contribution in [2.24, 2.45) is 34.5 Å². The summed E-state index contributed by atoms with van der Waals surface area (Å²) in [6.45, 7) is 12.1. The van der Waals surface area contributed by atoms with Gasteiger partial charge in [-0.1, -0.05) is 39.3 Å². The molecule has 5 nitrogen and oxygen atoms in total. The van der Waals surface area contributed by atoms with Crippen LogP contribution in [0.2, 0.25) is 0 Å². The van der Waals surface area contributed by atoms with E-state index >= 15 is 0 Å². The second kappa shape index (κ2) is 7.85. The highest BCUT2D eigenvalue weighted by Crippen LogP contribution is 2.69. The largest absolute Gasteiger partial charge is 0.434 e. The molecule has 0 aromatic rings. The quantitative estimate of drug-likeness (QED) is 0.635. The Morgan fingerprint density at radius 3 is 2.62 bits per heavy atom. The first-order chi connectivity index (χ1) is 15.0. The molecule has 32 heavy (non-hydrogen) atoms. The number of nitrogens with one attached hydrogen (secondary N) is 1. The first-order valence-electron chi connectivity index (χ1n) is 12.4. The number of carbonyl (C=O) groups excluding carboxylic acids is 3. The van der Waals surface area contributed by atoms with Crippen molar-refractivity contribution >= 4 is 17.7 Å². The van der Waals surface area contributed by atoms with E-state index < -0.39 is 11.7 Å². The van der Waals surface area contributed by atoms with Crippen LogP contribution in [0.3, 0.4) is 0 Å². The van der Waals surface area contributed by atoms with Gasteiger partial charge in [0.15, 0.2) is 17.2 Å². The van der Waals surface area contributed by atoms with Crippen LogP contribution in [0.1, 0.15) is 80.1 Å². The van der Waals surface area contributed by atoms with Crippen molar-refractivity contribution < 1.29 is 19.1 Å². The monoisotopic (exact) mass is 441 g/mol. The van der Waals surface area contributed by atoms with Crippen LogP contribution in [0, 0.1) is 34.5 Å². The lowest BCUT2D eigenvalue weighted by molar-refractivity contribution is -0.165. The van der Waals surface area contributed by atoms with Gasteiger partial charge in [-0.2, -0.15) is 0 Å². The Balaban J connectivity index is 1.68. The second-order valence-corrected chi connectivity index (χ2v) is 11.3. The molecule has 1 amide bonds. The Morgan fingerprint density at radius 1 is 1.25 bits per heavy atom. The molecule has 0 saturated heterocycles. The summed E-state index contributed by atoms with van der Waals surface area (Å²) in [5, 5.41) is 2.91. The summed E-state index contributed by atoms with van der Waals surface area (Å²) in [7, 11) is 0. The lowest BCUT2D eigenvalue weighted by Crippen LogP contribution is -2.61. The standard InChI is InChI=1S/C27H39NO4/c1-7-17(3)28-24(31)32-27(18(4)29)16(2)14-23-21-9-8-19-15-20(30)10-12-25(19,5)22(21)11-13-26(23,27)6/h10,12,15-17,21-23H,7-9,11,13-14H2,1-6H3,(H,28,31)/t16?,17?,21-,22+,23+,25+,26+,27+/m1/s1. The van der Waals surface area contributed by atoms with Crippen LogP contribution in [0.15, 0.2) is 23.8 Å². The minimum atomic E-state index is -1.09. The van der Waals surface area contributed by atoms with E-state index in [2.05, 4.69) is 32.2 Å². The summed E-state index contributed by atoms with van der Waals surface area (Å²) in [5.74, 6) is 1.28. The molecule has 4 aliphatic carbocycles. The van der Waals surface area contributed by atoms with Gasteiger partial charge in [0.25, 0.3) is 0 Å². The van der Waals surface area contributed by atoms with E-state index in [1.54, 1.807) is 13.0 Å². The summed E-state index contributed by atoms with van der Waals surface area (Å²) < 4.78 is 6.17. The van der Waals surface area contributed by atoms with Gasteiger partial charge in [0.1, 0.15) is 0 Å². The van der Waals surface area contributed by atoms with Gasteiger partial charge in [-0.05, 0) is 82.3 Å². The zero-order valence-corrected chi connectivity index (χ0v) is 20.5. The van der Waals surface area contributed by atoms with Crippen molar-refractivity contribution in [3.63, 3.8) is 0 Å². The number of amides is 1. The number of hydrogen-bond acceptors (Lipinski definition) is 4. The normalized spacial score (nSPS) is 43.4. The van der Waals surface area contributed by atoms with E-state index in [0.29, 0.717) is 17.8 Å². The first kappa shape index (κ1) is 23.3. The van der Waals surface area contributed by atoms with Crippen LogP contribution in [0.4, 0.5) is 4.79 Å². The van der Waals surface area contributed by atoms with Gasteiger partial charge >= 0.3 is 6.09 Å². The van der Waals surface area contributed by atoms with Crippen LogP contribution in [0.5, 0.6) is 0 Å². The topological polar surface area (TPSA) is 72.5 Å². The van der Waals surface area contributed by atoms with Crippen LogP contribution in [-0.4, -0.2) is 29.3 Å². The molecule has 1 N–H and O–H groups in total. The summed E-state index contributed by atoms with van der Waals surface area (Å²) in [6, 6.07) is 0.00635. The number of rotatable bonds is 4. The number of carbonyl (C=O) groups is 3. The lowest BCUT2D eigenvalue weighted by atomic mass is 9.47. The molecule has 0 aliphatic heterocycles. The number of ether oxygens (including phenoxy) is 1. The van der Waals surface area contributed by atoms with E-state index in [4.69, 9.17) is 4.74 Å². The fourth-order valence-electron chi connectivity index (χ4n) is 8.04. The van der Waals surface area contributed by atoms with E-state index in [9.17, 15) is 14.4 Å². The van der Waals surface area contributed by atoms with Gasteiger partial charge < -0.3 is 10.1 Å².